The first-order valence-electron chi connectivity index (χ1n) is 6.31. The molecule has 0 aromatic rings. The minimum absolute atomic E-state index is 0.122. The van der Waals surface area contributed by atoms with Gasteiger partial charge < -0.3 is 19.9 Å². The summed E-state index contributed by atoms with van der Waals surface area (Å²) in [6.07, 6.45) is -0.457. The number of rotatable bonds is 6. The minimum atomic E-state index is -0.841. The van der Waals surface area contributed by atoms with E-state index in [-0.39, 0.29) is 12.5 Å². The molecule has 108 valence electrons. The molecular formula is C13H27NO4. The molecule has 1 amide bonds. The molecule has 0 spiro atoms. The van der Waals surface area contributed by atoms with Crippen LogP contribution >= 0.6 is 0 Å². The number of carbonyl (C=O) groups excluding carboxylic acids is 1. The Morgan fingerprint density at radius 1 is 1.28 bits per heavy atom. The summed E-state index contributed by atoms with van der Waals surface area (Å²) in [5.41, 5.74) is -1.34. The summed E-state index contributed by atoms with van der Waals surface area (Å²) >= 11 is 0. The van der Waals surface area contributed by atoms with Gasteiger partial charge in [0.2, 0.25) is 0 Å². The van der Waals surface area contributed by atoms with Gasteiger partial charge in [0, 0.05) is 6.54 Å². The Balaban J connectivity index is 3.67. The lowest BCUT2D eigenvalue weighted by atomic mass is 9.94. The van der Waals surface area contributed by atoms with Gasteiger partial charge in [-0.05, 0) is 33.6 Å². The second kappa shape index (κ2) is 6.95. The second-order valence-electron chi connectivity index (χ2n) is 5.99. The Morgan fingerprint density at radius 3 is 2.28 bits per heavy atom. The molecule has 0 aliphatic heterocycles. The molecule has 18 heavy (non-hydrogen) atoms. The normalized spacial score (nSPS) is 15.3. The van der Waals surface area contributed by atoms with Gasteiger partial charge in [0.25, 0.3) is 0 Å². The fraction of sp³-hybridized carbons (Fsp3) is 0.923. The third-order valence-corrected chi connectivity index (χ3v) is 2.55. The Kier molecular flexibility index (Phi) is 6.63. The molecule has 0 heterocycles. The fourth-order valence-electron chi connectivity index (χ4n) is 0.985. The standard InChI is InChI=1S/C13H27NO4/c1-10(2)13(6,16)9-17-8-7-14-11(15)18-12(3,4)5/h10,16H,7-9H2,1-6H3,(H,14,15). The minimum Gasteiger partial charge on any atom is -0.444 e. The third kappa shape index (κ3) is 8.31. The molecule has 1 unspecified atom stereocenters. The summed E-state index contributed by atoms with van der Waals surface area (Å²) in [5.74, 6) is 0.122. The maximum Gasteiger partial charge on any atom is 0.407 e. The average Bonchev–Trinajstić information content (AvgIpc) is 2.13. The summed E-state index contributed by atoms with van der Waals surface area (Å²) in [4.78, 5) is 11.3. The quantitative estimate of drug-likeness (QED) is 0.717. The van der Waals surface area contributed by atoms with Crippen LogP contribution in [0.4, 0.5) is 4.79 Å². The maximum atomic E-state index is 11.3. The first-order chi connectivity index (χ1) is 8.04. The Labute approximate surface area is 110 Å². The van der Waals surface area contributed by atoms with Gasteiger partial charge in [0.15, 0.2) is 0 Å². The highest BCUT2D eigenvalue weighted by molar-refractivity contribution is 5.67. The van der Waals surface area contributed by atoms with Gasteiger partial charge in [-0.2, -0.15) is 0 Å². The van der Waals surface area contributed by atoms with E-state index in [1.165, 1.54) is 0 Å². The zero-order valence-corrected chi connectivity index (χ0v) is 12.4. The van der Waals surface area contributed by atoms with Crippen LogP contribution in [0.2, 0.25) is 0 Å². The van der Waals surface area contributed by atoms with Crippen molar-refractivity contribution < 1.29 is 19.4 Å². The van der Waals surface area contributed by atoms with Crippen LogP contribution < -0.4 is 5.32 Å². The number of alkyl carbamates (subject to hydrolysis) is 1. The Bertz CT molecular complexity index is 256. The summed E-state index contributed by atoms with van der Waals surface area (Å²) < 4.78 is 10.4. The van der Waals surface area contributed by atoms with Crippen molar-refractivity contribution in [2.75, 3.05) is 19.8 Å². The van der Waals surface area contributed by atoms with Gasteiger partial charge in [-0.3, -0.25) is 0 Å². The molecular weight excluding hydrogens is 234 g/mol. The molecule has 0 aromatic heterocycles. The zero-order chi connectivity index (χ0) is 14.4. The topological polar surface area (TPSA) is 67.8 Å². The van der Waals surface area contributed by atoms with Crippen LogP contribution in [0.25, 0.3) is 0 Å². The zero-order valence-electron chi connectivity index (χ0n) is 12.4. The third-order valence-electron chi connectivity index (χ3n) is 2.55. The van der Waals surface area contributed by atoms with Crippen molar-refractivity contribution in [3.8, 4) is 0 Å². The fourth-order valence-corrected chi connectivity index (χ4v) is 0.985. The second-order valence-corrected chi connectivity index (χ2v) is 5.99. The van der Waals surface area contributed by atoms with E-state index < -0.39 is 17.3 Å². The molecule has 0 saturated heterocycles. The molecule has 0 fully saturated rings. The predicted octanol–water partition coefficient (Wildman–Crippen LogP) is 1.93. The van der Waals surface area contributed by atoms with Gasteiger partial charge in [-0.1, -0.05) is 13.8 Å². The van der Waals surface area contributed by atoms with Crippen LogP contribution in [-0.2, 0) is 9.47 Å². The van der Waals surface area contributed by atoms with Crippen LogP contribution in [0, 0.1) is 5.92 Å². The lowest BCUT2D eigenvalue weighted by Gasteiger charge is -2.27. The molecule has 1 atom stereocenters. The van der Waals surface area contributed by atoms with E-state index in [2.05, 4.69) is 5.32 Å². The van der Waals surface area contributed by atoms with E-state index in [1.807, 2.05) is 34.6 Å². The maximum absolute atomic E-state index is 11.3. The summed E-state index contributed by atoms with van der Waals surface area (Å²) in [5, 5.41) is 12.5. The molecule has 5 heteroatoms. The largest absolute Gasteiger partial charge is 0.444 e. The average molecular weight is 261 g/mol. The highest BCUT2D eigenvalue weighted by Gasteiger charge is 2.24. The van der Waals surface area contributed by atoms with Crippen molar-refractivity contribution in [2.24, 2.45) is 5.92 Å². The van der Waals surface area contributed by atoms with Gasteiger partial charge in [-0.15, -0.1) is 0 Å². The SMILES string of the molecule is CC(C)C(C)(O)COCCNC(=O)OC(C)(C)C. The number of nitrogens with one attached hydrogen (secondary N) is 1. The van der Waals surface area contributed by atoms with Crippen LogP contribution in [0.3, 0.4) is 0 Å². The highest BCUT2D eigenvalue weighted by Crippen LogP contribution is 2.15. The van der Waals surface area contributed by atoms with Crippen LogP contribution in [0.15, 0.2) is 0 Å². The Morgan fingerprint density at radius 2 is 1.83 bits per heavy atom. The number of ether oxygens (including phenoxy) is 2. The number of hydrogen-bond acceptors (Lipinski definition) is 4. The van der Waals surface area contributed by atoms with E-state index in [0.29, 0.717) is 13.2 Å². The molecule has 0 aliphatic carbocycles. The van der Waals surface area contributed by atoms with Crippen molar-refractivity contribution in [1.29, 1.82) is 0 Å². The number of carbonyl (C=O) groups is 1. The molecule has 2 N–H and O–H groups in total. The molecule has 0 rings (SSSR count). The molecule has 0 aliphatic rings. The van der Waals surface area contributed by atoms with E-state index in [9.17, 15) is 9.90 Å². The lowest BCUT2D eigenvalue weighted by molar-refractivity contribution is -0.0622. The van der Waals surface area contributed by atoms with E-state index >= 15 is 0 Å². The number of aliphatic hydroxyl groups is 1. The predicted molar refractivity (Wildman–Crippen MR) is 70.5 cm³/mol. The Hall–Kier alpha value is -0.810. The van der Waals surface area contributed by atoms with Crippen LogP contribution in [0.1, 0.15) is 41.5 Å². The van der Waals surface area contributed by atoms with Crippen molar-refractivity contribution >= 4 is 6.09 Å². The highest BCUT2D eigenvalue weighted by atomic mass is 16.6. The molecule has 0 saturated carbocycles. The molecule has 0 bridgehead atoms. The molecule has 0 aromatic carbocycles. The first-order valence-corrected chi connectivity index (χ1v) is 6.31. The number of amides is 1. The molecule has 0 radical (unpaired) electrons. The summed E-state index contributed by atoms with van der Waals surface area (Å²) in [7, 11) is 0. The van der Waals surface area contributed by atoms with Gasteiger partial charge in [-0.25, -0.2) is 4.79 Å². The van der Waals surface area contributed by atoms with Crippen molar-refractivity contribution in [1.82, 2.24) is 5.32 Å². The monoisotopic (exact) mass is 261 g/mol. The number of hydrogen-bond donors (Lipinski definition) is 2. The van der Waals surface area contributed by atoms with Crippen LogP contribution in [0.5, 0.6) is 0 Å². The van der Waals surface area contributed by atoms with Crippen molar-refractivity contribution in [3.63, 3.8) is 0 Å². The van der Waals surface area contributed by atoms with Crippen molar-refractivity contribution in [2.45, 2.75) is 52.7 Å². The van der Waals surface area contributed by atoms with Gasteiger partial charge >= 0.3 is 6.09 Å². The molecule has 5 nitrogen and oxygen atoms in total. The van der Waals surface area contributed by atoms with Crippen molar-refractivity contribution in [3.05, 3.63) is 0 Å². The van der Waals surface area contributed by atoms with E-state index in [0.717, 1.165) is 0 Å². The first kappa shape index (κ1) is 17.2. The van der Waals surface area contributed by atoms with Gasteiger partial charge in [0.05, 0.1) is 18.8 Å². The van der Waals surface area contributed by atoms with Gasteiger partial charge in [0.1, 0.15) is 5.60 Å². The smallest absolute Gasteiger partial charge is 0.407 e. The lowest BCUT2D eigenvalue weighted by Crippen LogP contribution is -2.38. The van der Waals surface area contributed by atoms with E-state index in [4.69, 9.17) is 9.47 Å². The summed E-state index contributed by atoms with van der Waals surface area (Å²) in [6, 6.07) is 0. The summed E-state index contributed by atoms with van der Waals surface area (Å²) in [6.45, 7) is 12.0. The van der Waals surface area contributed by atoms with Crippen LogP contribution in [-0.4, -0.2) is 42.2 Å². The van der Waals surface area contributed by atoms with E-state index in [1.54, 1.807) is 6.92 Å².